The average molecular weight is 1550 g/mol. The average Bonchev–Trinajstić information content (AvgIpc) is 0.728. The molecular formula is C79H100N14O15S2. The number of carboxylic acid groups (broad SMARTS) is 1. The van der Waals surface area contributed by atoms with Crippen LogP contribution in [0.1, 0.15) is 167 Å². The molecule has 6 aromatic rings. The number of likely N-dealkylation sites (tertiary alicyclic amines) is 1. The Morgan fingerprint density at radius 1 is 0.791 bits per heavy atom. The summed E-state index contributed by atoms with van der Waals surface area (Å²) < 4.78 is 50.5. The van der Waals surface area contributed by atoms with Gasteiger partial charge >= 0.3 is 18.1 Å². The zero-order chi connectivity index (χ0) is 78.3. The lowest BCUT2D eigenvalue weighted by atomic mass is 9.39. The highest BCUT2D eigenvalue weighted by molar-refractivity contribution is 7.85. The highest BCUT2D eigenvalue weighted by atomic mass is 32.2. The highest BCUT2D eigenvalue weighted by Gasteiger charge is 2.66. The van der Waals surface area contributed by atoms with Gasteiger partial charge in [-0.2, -0.15) is 13.5 Å². The fraction of sp³-hybridized carbons (Fsp3) is 0.519. The summed E-state index contributed by atoms with van der Waals surface area (Å²) in [6.45, 7) is 13.6. The van der Waals surface area contributed by atoms with Crippen LogP contribution in [0.4, 0.5) is 26.2 Å². The molecular weight excluding hydrogens is 1450 g/mol. The van der Waals surface area contributed by atoms with Crippen LogP contribution >= 0.6 is 11.3 Å². The van der Waals surface area contributed by atoms with Gasteiger partial charge in [-0.3, -0.25) is 53.1 Å². The Hall–Kier alpha value is -9.69. The molecule has 4 bridgehead atoms. The van der Waals surface area contributed by atoms with E-state index in [0.29, 0.717) is 136 Å². The molecule has 1 saturated heterocycles. The van der Waals surface area contributed by atoms with Crippen LogP contribution < -0.4 is 37.2 Å². The van der Waals surface area contributed by atoms with Gasteiger partial charge in [-0.15, -0.1) is 0 Å². The van der Waals surface area contributed by atoms with E-state index in [-0.39, 0.29) is 96.6 Å². The summed E-state index contributed by atoms with van der Waals surface area (Å²) in [7, 11) is -4.33. The summed E-state index contributed by atoms with van der Waals surface area (Å²) in [4.78, 5) is 133. The number of urea groups is 1. The van der Waals surface area contributed by atoms with Gasteiger partial charge in [-0.05, 0) is 178 Å². The lowest BCUT2D eigenvalue weighted by Crippen LogP contribution is -2.64. The number of amides is 9. The molecule has 4 saturated carbocycles. The SMILES string of the molecule is Cc1c(-c2ccc(N3CCc4cccc(C(=O)Nc5nc6ccccc6s5)c4C3)nc2C(=O)O)cnn1CC12CC3(C)CC(C)(C1)CC(OCCN(CCS(=O)(=O)O)C1CCN(C(=O)OCc4ccc(NC(=O)[C@H](CCCCNC(N)=O)NC(=O)[C@@H](NC(=O)CCCCCN5C(=O)C=CC5=O)C(C)C)cc4)CC1)(C3)C2. The molecule has 6 heterocycles. The molecule has 3 aromatic heterocycles. The van der Waals surface area contributed by atoms with Crippen LogP contribution in [0.3, 0.4) is 0 Å². The van der Waals surface area contributed by atoms with Crippen LogP contribution in [0.25, 0.3) is 21.3 Å². The Morgan fingerprint density at radius 3 is 2.23 bits per heavy atom. The standard InChI is InChI=1S/C79H100N14O15S2/c1-50(2)67(87-64(94)19-7-6-12-32-92-65(95)26-27-66(92)96)71(99)84-61(17-10-11-31-81-73(80)102)70(98)83-54-22-20-52(21-23-54)42-107-75(103)90-34-29-55(30-35-90)89(37-39-110(104,105)106)36-38-108-79-46-76(4)43-77(5,47-79)45-78(44-76,48-79)49-93-51(3)58(40-82-93)56-24-25-63(86-68(56)72(100)101)91-33-28-53-14-13-15-57(59(53)41-91)69(97)88-74-85-60-16-8-9-18-62(60)109-74/h8-9,13-16,18,20-27,40,50,55,61,67H,6-7,10-12,17,19,28-39,41-49H2,1-5H3,(H,83,98)(H,84,99)(H,87,94)(H,100,101)(H3,80,81,102)(H,85,88,97)(H,104,105,106)/t61-,67-,76?,77?,78?,79?/m0/s1. The Morgan fingerprint density at radius 2 is 1.53 bits per heavy atom. The molecule has 588 valence electrons. The third kappa shape index (κ3) is 19.5. The maximum Gasteiger partial charge on any atom is 0.410 e. The zero-order valence-electron chi connectivity index (χ0n) is 63.0. The fourth-order valence-electron chi connectivity index (χ4n) is 18.5. The number of benzene rings is 3. The van der Waals surface area contributed by atoms with Crippen LogP contribution in [-0.2, 0) is 69.7 Å². The summed E-state index contributed by atoms with van der Waals surface area (Å²) in [5.41, 5.74) is 10.6. The van der Waals surface area contributed by atoms with E-state index < -0.39 is 63.5 Å². The van der Waals surface area contributed by atoms with Crippen LogP contribution in [0.2, 0.25) is 0 Å². The fourth-order valence-corrected chi connectivity index (χ4v) is 19.8. The lowest BCUT2D eigenvalue weighted by Gasteiger charge is -2.69. The Balaban J connectivity index is 0.627. The largest absolute Gasteiger partial charge is 0.476 e. The number of thiazole rings is 1. The Bertz CT molecular complexity index is 4540. The van der Waals surface area contributed by atoms with Crippen molar-refractivity contribution in [3.8, 4) is 11.1 Å². The topological polar surface area (TPSA) is 389 Å². The van der Waals surface area contributed by atoms with Gasteiger partial charge in [0, 0.05) is 112 Å². The van der Waals surface area contributed by atoms with Crippen molar-refractivity contribution >= 4 is 102 Å². The smallest absolute Gasteiger partial charge is 0.410 e. The van der Waals surface area contributed by atoms with E-state index in [1.54, 1.807) is 55.3 Å². The number of ether oxygens (including phenoxy) is 2. The number of hydrogen-bond acceptors (Lipinski definition) is 19. The number of unbranched alkanes of at least 4 members (excludes halogenated alkanes) is 3. The van der Waals surface area contributed by atoms with Gasteiger partial charge < -0.3 is 51.4 Å². The van der Waals surface area contributed by atoms with Gasteiger partial charge in [0.15, 0.2) is 10.8 Å². The molecule has 7 aliphatic rings. The van der Waals surface area contributed by atoms with Crippen molar-refractivity contribution in [2.45, 2.75) is 181 Å². The number of nitrogens with two attached hydrogens (primary N) is 1. The molecule has 3 aliphatic heterocycles. The predicted octanol–water partition coefficient (Wildman–Crippen LogP) is 9.39. The van der Waals surface area contributed by atoms with Gasteiger partial charge in [-0.1, -0.05) is 81.9 Å². The molecule has 0 radical (unpaired) electrons. The molecule has 9 amide bonds. The normalized spacial score (nSPS) is 21.5. The molecule has 4 atom stereocenters. The van der Waals surface area contributed by atoms with Crippen molar-refractivity contribution in [2.24, 2.45) is 27.9 Å². The first-order valence-electron chi connectivity index (χ1n) is 38.0. The molecule has 0 spiro atoms. The van der Waals surface area contributed by atoms with Crippen LogP contribution in [0.5, 0.6) is 0 Å². The number of carboxylic acids is 1. The van der Waals surface area contributed by atoms with Crippen molar-refractivity contribution in [1.29, 1.82) is 0 Å². The number of anilines is 3. The first-order chi connectivity index (χ1) is 52.4. The minimum atomic E-state index is -4.33. The number of carbonyl (C=O) groups is 9. The van der Waals surface area contributed by atoms with E-state index in [1.807, 2.05) is 69.9 Å². The number of hydrogen-bond donors (Lipinski definition) is 8. The number of para-hydroxylation sites is 1. The Labute approximate surface area is 644 Å². The number of carbonyl (C=O) groups excluding carboxylic acids is 8. The van der Waals surface area contributed by atoms with Gasteiger partial charge in [0.25, 0.3) is 27.8 Å². The number of piperidine rings is 1. The van der Waals surface area contributed by atoms with Crippen LogP contribution in [0, 0.1) is 29.1 Å². The maximum atomic E-state index is 13.9. The molecule has 5 fully saturated rings. The van der Waals surface area contributed by atoms with E-state index in [9.17, 15) is 61.2 Å². The third-order valence-electron chi connectivity index (χ3n) is 22.5. The monoisotopic (exact) mass is 1550 g/mol. The molecule has 110 heavy (non-hydrogen) atoms. The Kier molecular flexibility index (Phi) is 24.6. The van der Waals surface area contributed by atoms with Gasteiger partial charge in [0.05, 0.1) is 34.4 Å². The first kappa shape index (κ1) is 79.8. The number of pyridine rings is 1. The van der Waals surface area contributed by atoms with Crippen LogP contribution in [0.15, 0.2) is 97.2 Å². The van der Waals surface area contributed by atoms with Crippen molar-refractivity contribution in [1.82, 2.24) is 50.4 Å². The number of fused-ring (bicyclic) bond motifs is 2. The number of rotatable bonds is 34. The van der Waals surface area contributed by atoms with Crippen LogP contribution in [-0.4, -0.2) is 188 Å². The summed E-state index contributed by atoms with van der Waals surface area (Å²) in [5.74, 6) is -3.96. The number of aromatic carboxylic acids is 1. The highest BCUT2D eigenvalue weighted by Crippen LogP contribution is 2.72. The molecule has 29 nitrogen and oxygen atoms in total. The molecule has 13 rings (SSSR count). The predicted molar refractivity (Wildman–Crippen MR) is 413 cm³/mol. The van der Waals surface area contributed by atoms with E-state index in [1.165, 1.54) is 23.5 Å². The van der Waals surface area contributed by atoms with Gasteiger partial charge in [-0.25, -0.2) is 24.4 Å². The zero-order valence-corrected chi connectivity index (χ0v) is 64.7. The minimum Gasteiger partial charge on any atom is -0.476 e. The molecule has 31 heteroatoms. The van der Waals surface area contributed by atoms with E-state index >= 15 is 0 Å². The summed E-state index contributed by atoms with van der Waals surface area (Å²) >= 11 is 1.41. The molecule has 4 aliphatic carbocycles. The van der Waals surface area contributed by atoms with Gasteiger partial charge in [0.2, 0.25) is 17.7 Å². The minimum absolute atomic E-state index is 0.0385. The molecule has 2 unspecified atom stereocenters. The van der Waals surface area contributed by atoms with Crippen molar-refractivity contribution in [2.75, 3.05) is 73.7 Å². The molecule has 3 aromatic carbocycles. The van der Waals surface area contributed by atoms with E-state index in [2.05, 4.69) is 45.4 Å². The number of primary amides is 1. The number of aromatic nitrogens is 4. The number of nitrogens with zero attached hydrogens (tertiary/aromatic N) is 8. The number of nitrogens with one attached hydrogen (secondary N) is 5. The molecule has 9 N–H and O–H groups in total. The lowest BCUT2D eigenvalue weighted by molar-refractivity contribution is -0.249. The maximum absolute atomic E-state index is 13.9. The number of imide groups is 1. The van der Waals surface area contributed by atoms with E-state index in [0.717, 1.165) is 70.5 Å². The second-order valence-corrected chi connectivity index (χ2v) is 34.4. The second-order valence-electron chi connectivity index (χ2n) is 31.8. The summed E-state index contributed by atoms with van der Waals surface area (Å²) in [6, 6.07) is 20.9. The van der Waals surface area contributed by atoms with Crippen molar-refractivity contribution < 1.29 is 70.7 Å². The summed E-state index contributed by atoms with van der Waals surface area (Å²) in [5, 5.41) is 30.3. The quantitative estimate of drug-likeness (QED) is 0.0106. The summed E-state index contributed by atoms with van der Waals surface area (Å²) in [6.07, 6.45) is 13.5. The first-order valence-corrected chi connectivity index (χ1v) is 40.5. The van der Waals surface area contributed by atoms with Gasteiger partial charge in [0.1, 0.15) is 24.5 Å². The van der Waals surface area contributed by atoms with Crippen molar-refractivity contribution in [3.63, 3.8) is 0 Å². The second kappa shape index (κ2) is 33.9. The van der Waals surface area contributed by atoms with E-state index in [4.69, 9.17) is 25.3 Å². The third-order valence-corrected chi connectivity index (χ3v) is 24.2. The van der Waals surface area contributed by atoms with Crippen molar-refractivity contribution in [3.05, 3.63) is 131 Å².